The number of rotatable bonds is 7. The highest BCUT2D eigenvalue weighted by Gasteiger charge is 2.35. The number of Topliss-reactive ketones (excluding diaryl/α,β-unsaturated/α-hetero) is 1. The molecule has 0 radical (unpaired) electrons. The first kappa shape index (κ1) is 27.6. The van der Waals surface area contributed by atoms with Crippen LogP contribution in [0.2, 0.25) is 0 Å². The maximum absolute atomic E-state index is 13.3. The summed E-state index contributed by atoms with van der Waals surface area (Å²) in [4.78, 5) is 26.3. The Labute approximate surface area is 231 Å². The second-order valence-corrected chi connectivity index (χ2v) is 10.7. The third-order valence-electron chi connectivity index (χ3n) is 7.18. The van der Waals surface area contributed by atoms with Crippen LogP contribution in [-0.4, -0.2) is 25.3 Å². The Morgan fingerprint density at radius 2 is 1.68 bits per heavy atom. The van der Waals surface area contributed by atoms with Crippen LogP contribution in [0, 0.1) is 0 Å². The molecule has 9 heteroatoms. The summed E-state index contributed by atoms with van der Waals surface area (Å²) in [6, 6.07) is 15.1. The van der Waals surface area contributed by atoms with Crippen LogP contribution in [0.1, 0.15) is 85.4 Å². The molecule has 0 saturated carbocycles. The average Bonchev–Trinajstić information content (AvgIpc) is 3.39. The number of benzene rings is 2. The van der Waals surface area contributed by atoms with Crippen molar-refractivity contribution in [2.45, 2.75) is 71.6 Å². The van der Waals surface area contributed by atoms with Crippen molar-refractivity contribution in [3.63, 3.8) is 0 Å². The summed E-state index contributed by atoms with van der Waals surface area (Å²) in [5.41, 5.74) is 3.95. The first-order valence-electron chi connectivity index (χ1n) is 13.6. The Morgan fingerprint density at radius 3 is 2.35 bits per heavy atom. The summed E-state index contributed by atoms with van der Waals surface area (Å²) in [7, 11) is 0. The van der Waals surface area contributed by atoms with Crippen LogP contribution in [0.25, 0.3) is 22.8 Å². The Morgan fingerprint density at radius 1 is 0.950 bits per heavy atom. The molecule has 0 saturated heterocycles. The Bertz CT molecular complexity index is 1540. The number of carbonyl (C=O) groups excluding carboxylic acids is 1. The molecule has 40 heavy (non-hydrogen) atoms. The lowest BCUT2D eigenvalue weighted by Gasteiger charge is -2.20. The van der Waals surface area contributed by atoms with E-state index in [4.69, 9.17) is 9.97 Å². The lowest BCUT2D eigenvalue weighted by molar-refractivity contribution is -0.140. The number of carbonyl (C=O) groups is 1. The van der Waals surface area contributed by atoms with Crippen molar-refractivity contribution in [2.75, 3.05) is 5.32 Å². The van der Waals surface area contributed by atoms with E-state index in [2.05, 4.69) is 30.2 Å². The van der Waals surface area contributed by atoms with Crippen LogP contribution < -0.4 is 5.32 Å². The zero-order chi connectivity index (χ0) is 28.6. The summed E-state index contributed by atoms with van der Waals surface area (Å²) < 4.78 is 41.5. The van der Waals surface area contributed by atoms with Gasteiger partial charge in [-0.25, -0.2) is 15.0 Å². The van der Waals surface area contributed by atoms with Gasteiger partial charge in [0.1, 0.15) is 17.3 Å². The second kappa shape index (κ2) is 10.9. The van der Waals surface area contributed by atoms with Gasteiger partial charge < -0.3 is 9.88 Å². The molecular formula is C31H32F3N5O. The quantitative estimate of drug-likeness (QED) is 0.255. The van der Waals surface area contributed by atoms with Crippen molar-refractivity contribution in [1.82, 2.24) is 19.5 Å². The molecule has 1 aliphatic rings. The van der Waals surface area contributed by atoms with Gasteiger partial charge in [0.05, 0.1) is 0 Å². The van der Waals surface area contributed by atoms with Gasteiger partial charge in [0.25, 0.3) is 0 Å². The zero-order valence-electron chi connectivity index (χ0n) is 23.0. The van der Waals surface area contributed by atoms with Crippen LogP contribution in [0.3, 0.4) is 0 Å². The molecule has 0 atom stereocenters. The molecule has 1 aliphatic carbocycles. The average molecular weight is 548 g/mol. The van der Waals surface area contributed by atoms with Gasteiger partial charge >= 0.3 is 6.18 Å². The fourth-order valence-corrected chi connectivity index (χ4v) is 5.06. The highest BCUT2D eigenvalue weighted by molar-refractivity contribution is 5.98. The van der Waals surface area contributed by atoms with Gasteiger partial charge in [-0.15, -0.1) is 0 Å². The number of alkyl halides is 3. The van der Waals surface area contributed by atoms with Crippen molar-refractivity contribution >= 4 is 11.6 Å². The molecule has 0 unspecified atom stereocenters. The van der Waals surface area contributed by atoms with E-state index in [-0.39, 0.29) is 23.6 Å². The van der Waals surface area contributed by atoms with E-state index in [1.54, 1.807) is 12.1 Å². The Hall–Kier alpha value is -4.01. The van der Waals surface area contributed by atoms with Gasteiger partial charge in [-0.05, 0) is 43.7 Å². The van der Waals surface area contributed by atoms with E-state index < -0.39 is 11.9 Å². The number of aromatic nitrogens is 4. The smallest absolute Gasteiger partial charge is 0.366 e. The van der Waals surface area contributed by atoms with Gasteiger partial charge in [-0.1, -0.05) is 62.4 Å². The minimum absolute atomic E-state index is 0.0261. The fourth-order valence-electron chi connectivity index (χ4n) is 5.06. The molecule has 6 nitrogen and oxygen atoms in total. The normalized spacial score (nSPS) is 13.7. The summed E-state index contributed by atoms with van der Waals surface area (Å²) in [6.45, 7) is 8.30. The number of ketones is 1. The maximum atomic E-state index is 13.3. The highest BCUT2D eigenvalue weighted by atomic mass is 19.4. The van der Waals surface area contributed by atoms with E-state index >= 15 is 0 Å². The number of imidazole rings is 1. The number of fused-ring (bicyclic) bond motifs is 1. The minimum Gasteiger partial charge on any atom is -0.366 e. The molecule has 0 bridgehead atoms. The van der Waals surface area contributed by atoms with Gasteiger partial charge in [0, 0.05) is 41.9 Å². The van der Waals surface area contributed by atoms with Crippen LogP contribution >= 0.6 is 0 Å². The first-order valence-corrected chi connectivity index (χ1v) is 13.6. The van der Waals surface area contributed by atoms with Crippen molar-refractivity contribution in [1.29, 1.82) is 0 Å². The first-order chi connectivity index (χ1) is 19.0. The van der Waals surface area contributed by atoms with E-state index in [0.717, 1.165) is 34.9 Å². The largest absolute Gasteiger partial charge is 0.434 e. The number of nitrogens with zero attached hydrogens (tertiary/aromatic N) is 4. The Balaban J connectivity index is 1.44. The third kappa shape index (κ3) is 5.50. The predicted octanol–water partition coefficient (Wildman–Crippen LogP) is 7.86. The molecular weight excluding hydrogens is 515 g/mol. The van der Waals surface area contributed by atoms with Crippen molar-refractivity contribution < 1.29 is 18.0 Å². The van der Waals surface area contributed by atoms with Crippen LogP contribution in [-0.2, 0) is 19.1 Å². The van der Waals surface area contributed by atoms with Gasteiger partial charge in [0.2, 0.25) is 0 Å². The lowest BCUT2D eigenvalue weighted by atomic mass is 9.93. The Kier molecular flexibility index (Phi) is 7.49. The zero-order valence-corrected chi connectivity index (χ0v) is 23.0. The SMILES string of the molecule is CC(C)c1ccccc1-c1nc(NCc2ccc(-c3nc(C(F)(F)F)cn3C(C)C)cc2)c2c(n1)C(=O)CCC2. The number of nitrogens with one attached hydrogen (secondary N) is 1. The standard InChI is InChI=1S/C31H32F3N5O/c1-18(2)22-8-5-6-9-23(22)29-37-27-24(10-7-11-25(27)40)28(38-29)35-16-20-12-14-21(15-13-20)30-36-26(31(32,33)34)17-39(30)19(3)4/h5-6,8-9,12-15,17-19H,7,10-11,16H2,1-4H3,(H,35,37,38). The summed E-state index contributed by atoms with van der Waals surface area (Å²) >= 11 is 0. The maximum Gasteiger partial charge on any atom is 0.434 e. The van der Waals surface area contributed by atoms with Crippen molar-refractivity contribution in [2.24, 2.45) is 0 Å². The molecule has 0 amide bonds. The van der Waals surface area contributed by atoms with Crippen molar-refractivity contribution in [3.05, 3.63) is 82.8 Å². The van der Waals surface area contributed by atoms with Crippen LogP contribution in [0.15, 0.2) is 54.7 Å². The molecule has 208 valence electrons. The topological polar surface area (TPSA) is 72.7 Å². The molecule has 0 spiro atoms. The van der Waals surface area contributed by atoms with E-state index in [9.17, 15) is 18.0 Å². The summed E-state index contributed by atoms with van der Waals surface area (Å²) in [6.07, 6.45) is -1.51. The fraction of sp³-hybridized carbons (Fsp3) is 0.355. The van der Waals surface area contributed by atoms with Gasteiger partial charge in [-0.2, -0.15) is 13.2 Å². The number of hydrogen-bond acceptors (Lipinski definition) is 5. The third-order valence-corrected chi connectivity index (χ3v) is 7.18. The van der Waals surface area contributed by atoms with Gasteiger partial charge in [0.15, 0.2) is 17.3 Å². The van der Waals surface area contributed by atoms with Gasteiger partial charge in [-0.3, -0.25) is 4.79 Å². The molecule has 1 N–H and O–H groups in total. The highest BCUT2D eigenvalue weighted by Crippen LogP contribution is 2.34. The predicted molar refractivity (Wildman–Crippen MR) is 149 cm³/mol. The molecule has 2 aromatic carbocycles. The monoisotopic (exact) mass is 547 g/mol. The van der Waals surface area contributed by atoms with Crippen molar-refractivity contribution in [3.8, 4) is 22.8 Å². The molecule has 5 rings (SSSR count). The number of halogens is 3. The van der Waals surface area contributed by atoms with Crippen LogP contribution in [0.4, 0.5) is 19.0 Å². The molecule has 2 heterocycles. The van der Waals surface area contributed by atoms with E-state index in [0.29, 0.717) is 42.3 Å². The lowest BCUT2D eigenvalue weighted by Crippen LogP contribution is -2.18. The summed E-state index contributed by atoms with van der Waals surface area (Å²) in [5, 5.41) is 3.41. The molecule has 2 aromatic heterocycles. The van der Waals surface area contributed by atoms with E-state index in [1.165, 1.54) is 4.57 Å². The number of anilines is 1. The second-order valence-electron chi connectivity index (χ2n) is 10.7. The molecule has 0 aliphatic heterocycles. The summed E-state index contributed by atoms with van der Waals surface area (Å²) in [5.74, 6) is 1.73. The molecule has 4 aromatic rings. The minimum atomic E-state index is -4.51. The number of hydrogen-bond donors (Lipinski definition) is 1. The van der Waals surface area contributed by atoms with E-state index in [1.807, 2.05) is 44.2 Å². The molecule has 0 fully saturated rings. The van der Waals surface area contributed by atoms with Crippen LogP contribution in [0.5, 0.6) is 0 Å².